The zero-order valence-corrected chi connectivity index (χ0v) is 11.4. The van der Waals surface area contributed by atoms with E-state index in [1.165, 1.54) is 10.5 Å². The SMILES string of the molecule is C=C(CC)CC(NCCC)c1scnc1C. The number of nitrogens with zero attached hydrogens (tertiary/aromatic N) is 1. The molecule has 1 N–H and O–H groups in total. The number of rotatable bonds is 7. The third-order valence-corrected chi connectivity index (χ3v) is 3.78. The number of thiazole rings is 1. The Bertz CT molecular complexity index is 330. The monoisotopic (exact) mass is 238 g/mol. The zero-order chi connectivity index (χ0) is 12.0. The average Bonchev–Trinajstić information content (AvgIpc) is 2.70. The molecule has 0 bridgehead atoms. The van der Waals surface area contributed by atoms with Gasteiger partial charge >= 0.3 is 0 Å². The van der Waals surface area contributed by atoms with Crippen LogP contribution in [-0.2, 0) is 0 Å². The summed E-state index contributed by atoms with van der Waals surface area (Å²) in [4.78, 5) is 5.69. The Labute approximate surface area is 103 Å². The minimum Gasteiger partial charge on any atom is -0.309 e. The highest BCUT2D eigenvalue weighted by molar-refractivity contribution is 7.09. The summed E-state index contributed by atoms with van der Waals surface area (Å²) in [6.45, 7) is 11.6. The van der Waals surface area contributed by atoms with Gasteiger partial charge in [0.1, 0.15) is 0 Å². The Hall–Kier alpha value is -0.670. The maximum atomic E-state index is 4.33. The van der Waals surface area contributed by atoms with E-state index in [-0.39, 0.29) is 0 Å². The third-order valence-electron chi connectivity index (χ3n) is 2.73. The Morgan fingerprint density at radius 2 is 2.31 bits per heavy atom. The van der Waals surface area contributed by atoms with Crippen LogP contribution in [0.1, 0.15) is 49.7 Å². The molecule has 0 aliphatic rings. The molecule has 0 saturated carbocycles. The van der Waals surface area contributed by atoms with Crippen molar-refractivity contribution in [2.75, 3.05) is 6.54 Å². The van der Waals surface area contributed by atoms with Gasteiger partial charge in [-0.25, -0.2) is 4.98 Å². The fraction of sp³-hybridized carbons (Fsp3) is 0.615. The maximum absolute atomic E-state index is 4.33. The molecule has 1 heterocycles. The molecule has 2 nitrogen and oxygen atoms in total. The molecule has 0 spiro atoms. The topological polar surface area (TPSA) is 24.9 Å². The molecule has 1 unspecified atom stereocenters. The normalized spacial score (nSPS) is 12.7. The van der Waals surface area contributed by atoms with Crippen molar-refractivity contribution in [3.05, 3.63) is 28.2 Å². The average molecular weight is 238 g/mol. The minimum atomic E-state index is 0.403. The molecule has 0 aromatic carbocycles. The molecular weight excluding hydrogens is 216 g/mol. The van der Waals surface area contributed by atoms with Gasteiger partial charge in [0, 0.05) is 10.9 Å². The van der Waals surface area contributed by atoms with Crippen LogP contribution in [-0.4, -0.2) is 11.5 Å². The highest BCUT2D eigenvalue weighted by atomic mass is 32.1. The summed E-state index contributed by atoms with van der Waals surface area (Å²) < 4.78 is 0. The van der Waals surface area contributed by atoms with Crippen molar-refractivity contribution in [3.8, 4) is 0 Å². The summed E-state index contributed by atoms with van der Waals surface area (Å²) in [5.74, 6) is 0. The number of hydrogen-bond donors (Lipinski definition) is 1. The van der Waals surface area contributed by atoms with Gasteiger partial charge in [-0.1, -0.05) is 26.0 Å². The van der Waals surface area contributed by atoms with E-state index in [1.54, 1.807) is 11.3 Å². The Balaban J connectivity index is 2.71. The van der Waals surface area contributed by atoms with Gasteiger partial charge in [-0.15, -0.1) is 11.3 Å². The van der Waals surface area contributed by atoms with Crippen LogP contribution in [0, 0.1) is 6.92 Å². The van der Waals surface area contributed by atoms with E-state index in [2.05, 4.69) is 37.7 Å². The molecule has 0 amide bonds. The summed E-state index contributed by atoms with van der Waals surface area (Å²) in [7, 11) is 0. The van der Waals surface area contributed by atoms with Crippen LogP contribution >= 0.6 is 11.3 Å². The van der Waals surface area contributed by atoms with Crippen molar-refractivity contribution < 1.29 is 0 Å². The number of aryl methyl sites for hydroxylation is 1. The lowest BCUT2D eigenvalue weighted by molar-refractivity contribution is 0.528. The molecule has 3 heteroatoms. The predicted octanol–water partition coefficient (Wildman–Crippen LogP) is 3.85. The molecule has 1 rings (SSSR count). The van der Waals surface area contributed by atoms with Gasteiger partial charge in [0.2, 0.25) is 0 Å². The minimum absolute atomic E-state index is 0.403. The molecule has 0 aliphatic heterocycles. The van der Waals surface area contributed by atoms with Crippen LogP contribution < -0.4 is 5.32 Å². The summed E-state index contributed by atoms with van der Waals surface area (Å²) in [6, 6.07) is 0.403. The van der Waals surface area contributed by atoms with E-state index >= 15 is 0 Å². The fourth-order valence-corrected chi connectivity index (χ4v) is 2.53. The van der Waals surface area contributed by atoms with Crippen LogP contribution in [0.3, 0.4) is 0 Å². The van der Waals surface area contributed by atoms with Gasteiger partial charge in [-0.05, 0) is 32.7 Å². The van der Waals surface area contributed by atoms with Gasteiger partial charge in [0.05, 0.1) is 11.2 Å². The highest BCUT2D eigenvalue weighted by Gasteiger charge is 2.15. The third kappa shape index (κ3) is 3.72. The Morgan fingerprint density at radius 3 is 2.81 bits per heavy atom. The first-order valence-electron chi connectivity index (χ1n) is 5.99. The molecule has 0 radical (unpaired) electrons. The molecule has 90 valence electrons. The smallest absolute Gasteiger partial charge is 0.0798 e. The molecule has 16 heavy (non-hydrogen) atoms. The van der Waals surface area contributed by atoms with Crippen molar-refractivity contribution >= 4 is 11.3 Å². The quantitative estimate of drug-likeness (QED) is 0.730. The number of hydrogen-bond acceptors (Lipinski definition) is 3. The van der Waals surface area contributed by atoms with Crippen LogP contribution in [0.25, 0.3) is 0 Å². The summed E-state index contributed by atoms with van der Waals surface area (Å²) >= 11 is 1.75. The molecule has 0 saturated heterocycles. The molecule has 1 atom stereocenters. The van der Waals surface area contributed by atoms with E-state index in [1.807, 2.05) is 5.51 Å². The predicted molar refractivity (Wildman–Crippen MR) is 71.9 cm³/mol. The fourth-order valence-electron chi connectivity index (χ4n) is 1.65. The second kappa shape index (κ2) is 6.81. The van der Waals surface area contributed by atoms with Crippen LogP contribution in [0.4, 0.5) is 0 Å². The lowest BCUT2D eigenvalue weighted by Crippen LogP contribution is -2.22. The van der Waals surface area contributed by atoms with Crippen LogP contribution in [0.5, 0.6) is 0 Å². The van der Waals surface area contributed by atoms with Crippen molar-refractivity contribution in [1.29, 1.82) is 0 Å². The van der Waals surface area contributed by atoms with E-state index in [0.29, 0.717) is 6.04 Å². The van der Waals surface area contributed by atoms with E-state index < -0.39 is 0 Å². The van der Waals surface area contributed by atoms with Crippen molar-refractivity contribution in [3.63, 3.8) is 0 Å². The van der Waals surface area contributed by atoms with Gasteiger partial charge in [-0.2, -0.15) is 0 Å². The Morgan fingerprint density at radius 1 is 1.56 bits per heavy atom. The van der Waals surface area contributed by atoms with E-state index in [0.717, 1.165) is 31.5 Å². The van der Waals surface area contributed by atoms with E-state index in [9.17, 15) is 0 Å². The zero-order valence-electron chi connectivity index (χ0n) is 10.5. The second-order valence-corrected chi connectivity index (χ2v) is 5.00. The molecule has 1 aromatic rings. The lowest BCUT2D eigenvalue weighted by atomic mass is 10.0. The first-order chi connectivity index (χ1) is 7.69. The molecule has 0 aliphatic carbocycles. The second-order valence-electron chi connectivity index (χ2n) is 4.12. The van der Waals surface area contributed by atoms with Crippen molar-refractivity contribution in [2.45, 2.75) is 46.1 Å². The van der Waals surface area contributed by atoms with Crippen LogP contribution in [0.2, 0.25) is 0 Å². The van der Waals surface area contributed by atoms with Crippen LogP contribution in [0.15, 0.2) is 17.7 Å². The molecule has 0 fully saturated rings. The van der Waals surface area contributed by atoms with Gasteiger partial charge in [-0.3, -0.25) is 0 Å². The first-order valence-corrected chi connectivity index (χ1v) is 6.87. The highest BCUT2D eigenvalue weighted by Crippen LogP contribution is 2.27. The Kier molecular flexibility index (Phi) is 5.71. The number of aromatic nitrogens is 1. The molecular formula is C13H22N2S. The molecule has 1 aromatic heterocycles. The van der Waals surface area contributed by atoms with Crippen molar-refractivity contribution in [1.82, 2.24) is 10.3 Å². The standard InChI is InChI=1S/C13H22N2S/c1-5-7-14-12(8-10(3)6-2)13-11(4)15-9-16-13/h9,12,14H,3,5-8H2,1-2,4H3. The largest absolute Gasteiger partial charge is 0.309 e. The summed E-state index contributed by atoms with van der Waals surface area (Å²) in [5, 5.41) is 3.59. The van der Waals surface area contributed by atoms with Gasteiger partial charge in [0.25, 0.3) is 0 Å². The van der Waals surface area contributed by atoms with Crippen molar-refractivity contribution in [2.24, 2.45) is 0 Å². The number of nitrogens with one attached hydrogen (secondary N) is 1. The van der Waals surface area contributed by atoms with Gasteiger partial charge in [0.15, 0.2) is 0 Å². The maximum Gasteiger partial charge on any atom is 0.0798 e. The van der Waals surface area contributed by atoms with Gasteiger partial charge < -0.3 is 5.32 Å². The summed E-state index contributed by atoms with van der Waals surface area (Å²) in [6.07, 6.45) is 3.24. The summed E-state index contributed by atoms with van der Waals surface area (Å²) in [5.41, 5.74) is 4.39. The lowest BCUT2D eigenvalue weighted by Gasteiger charge is -2.18. The first kappa shape index (κ1) is 13.4. The van der Waals surface area contributed by atoms with E-state index in [4.69, 9.17) is 0 Å².